The Balaban J connectivity index is 2.16. The van der Waals surface area contributed by atoms with Gasteiger partial charge in [-0.15, -0.1) is 0 Å². The zero-order chi connectivity index (χ0) is 9.31. The number of hydrogen-bond donors (Lipinski definition) is 2. The van der Waals surface area contributed by atoms with Crippen LogP contribution >= 0.6 is 0 Å². The van der Waals surface area contributed by atoms with Gasteiger partial charge in [-0.2, -0.15) is 0 Å². The van der Waals surface area contributed by atoms with Gasteiger partial charge in [0.25, 0.3) is 0 Å². The van der Waals surface area contributed by atoms with E-state index < -0.39 is 0 Å². The second-order valence-corrected chi connectivity index (χ2v) is 4.83. The smallest absolute Gasteiger partial charge is 0.0574 e. The first-order valence-corrected chi connectivity index (χ1v) is 5.57. The average molecular weight is 184 g/mol. The zero-order valence-corrected chi connectivity index (χ0v) is 8.21. The van der Waals surface area contributed by atoms with E-state index >= 15 is 0 Å². The summed E-state index contributed by atoms with van der Waals surface area (Å²) in [6.07, 6.45) is 7.78. The van der Waals surface area contributed by atoms with Crippen molar-refractivity contribution in [2.24, 2.45) is 11.3 Å². The molecule has 2 nitrogen and oxygen atoms in total. The molecule has 0 aromatic rings. The van der Waals surface area contributed by atoms with E-state index in [1.165, 1.54) is 12.8 Å². The number of hydrogen-bond acceptors (Lipinski definition) is 2. The first-order chi connectivity index (χ1) is 6.28. The molecule has 3 atom stereocenters. The monoisotopic (exact) mass is 184 g/mol. The Labute approximate surface area is 80.0 Å². The predicted molar refractivity (Wildman–Crippen MR) is 51.3 cm³/mol. The zero-order valence-electron chi connectivity index (χ0n) is 8.21. The summed E-state index contributed by atoms with van der Waals surface area (Å²) in [7, 11) is 0. The third-order valence-corrected chi connectivity index (χ3v) is 4.18. The summed E-state index contributed by atoms with van der Waals surface area (Å²) in [5.74, 6) is 0.389. The van der Waals surface area contributed by atoms with Gasteiger partial charge in [0, 0.05) is 6.61 Å². The van der Waals surface area contributed by atoms with Crippen LogP contribution in [0.25, 0.3) is 0 Å². The van der Waals surface area contributed by atoms with Gasteiger partial charge in [-0.3, -0.25) is 0 Å². The van der Waals surface area contributed by atoms with Crippen LogP contribution in [0.5, 0.6) is 0 Å². The maximum absolute atomic E-state index is 9.89. The Morgan fingerprint density at radius 2 is 1.85 bits per heavy atom. The van der Waals surface area contributed by atoms with Crippen molar-refractivity contribution in [2.45, 2.75) is 51.0 Å². The molecule has 2 aliphatic rings. The van der Waals surface area contributed by atoms with Crippen molar-refractivity contribution >= 4 is 0 Å². The fourth-order valence-corrected chi connectivity index (χ4v) is 3.38. The Hall–Kier alpha value is -0.0800. The van der Waals surface area contributed by atoms with Gasteiger partial charge in [0.2, 0.25) is 0 Å². The second kappa shape index (κ2) is 3.58. The van der Waals surface area contributed by atoms with Crippen molar-refractivity contribution in [2.75, 3.05) is 6.61 Å². The van der Waals surface area contributed by atoms with Gasteiger partial charge in [0.05, 0.1) is 6.10 Å². The van der Waals surface area contributed by atoms with Crippen LogP contribution in [0.4, 0.5) is 0 Å². The first-order valence-electron chi connectivity index (χ1n) is 5.57. The molecule has 2 aliphatic carbocycles. The van der Waals surface area contributed by atoms with Gasteiger partial charge >= 0.3 is 0 Å². The van der Waals surface area contributed by atoms with Gasteiger partial charge < -0.3 is 10.2 Å². The fraction of sp³-hybridized carbons (Fsp3) is 1.00. The molecule has 0 spiro atoms. The Kier molecular flexibility index (Phi) is 2.61. The van der Waals surface area contributed by atoms with E-state index in [9.17, 15) is 10.2 Å². The van der Waals surface area contributed by atoms with E-state index in [2.05, 4.69) is 0 Å². The quantitative estimate of drug-likeness (QED) is 0.651. The van der Waals surface area contributed by atoms with Gasteiger partial charge in [-0.1, -0.05) is 19.3 Å². The number of fused-ring (bicyclic) bond motifs is 1. The van der Waals surface area contributed by atoms with Crippen LogP contribution in [0.3, 0.4) is 0 Å². The van der Waals surface area contributed by atoms with E-state index in [4.69, 9.17) is 0 Å². The summed E-state index contributed by atoms with van der Waals surface area (Å²) < 4.78 is 0. The molecule has 0 aromatic heterocycles. The van der Waals surface area contributed by atoms with Gasteiger partial charge in [0.15, 0.2) is 0 Å². The highest BCUT2D eigenvalue weighted by Gasteiger charge is 2.45. The lowest BCUT2D eigenvalue weighted by molar-refractivity contribution is -0.0807. The molecule has 76 valence electrons. The van der Waals surface area contributed by atoms with Gasteiger partial charge in [0.1, 0.15) is 0 Å². The molecule has 0 amide bonds. The summed E-state index contributed by atoms with van der Waals surface area (Å²) in [6.45, 7) is 0.286. The lowest BCUT2D eigenvalue weighted by Crippen LogP contribution is -2.46. The number of rotatable bonds is 1. The SMILES string of the molecule is OC[C@]12CCCC[C@@H]1[C@@H](O)CCC2. The maximum Gasteiger partial charge on any atom is 0.0574 e. The molecular formula is C11H20O2. The number of aliphatic hydroxyl groups excluding tert-OH is 2. The lowest BCUT2D eigenvalue weighted by atomic mass is 9.59. The van der Waals surface area contributed by atoms with E-state index in [-0.39, 0.29) is 18.1 Å². The van der Waals surface area contributed by atoms with Gasteiger partial charge in [-0.05, 0) is 37.0 Å². The third kappa shape index (κ3) is 1.50. The molecule has 0 radical (unpaired) electrons. The van der Waals surface area contributed by atoms with Crippen LogP contribution in [0.1, 0.15) is 44.9 Å². The maximum atomic E-state index is 9.89. The summed E-state index contributed by atoms with van der Waals surface area (Å²) in [6, 6.07) is 0. The molecule has 13 heavy (non-hydrogen) atoms. The summed E-state index contributed by atoms with van der Waals surface area (Å²) in [5, 5.41) is 19.4. The van der Waals surface area contributed by atoms with Crippen LogP contribution < -0.4 is 0 Å². The van der Waals surface area contributed by atoms with E-state index in [0.29, 0.717) is 5.92 Å². The highest BCUT2D eigenvalue weighted by Crippen LogP contribution is 2.49. The molecule has 0 aromatic carbocycles. The predicted octanol–water partition coefficient (Wildman–Crippen LogP) is 1.70. The summed E-state index contributed by atoms with van der Waals surface area (Å²) >= 11 is 0. The van der Waals surface area contributed by atoms with Crippen molar-refractivity contribution < 1.29 is 10.2 Å². The van der Waals surface area contributed by atoms with Crippen LogP contribution in [-0.4, -0.2) is 22.9 Å². The minimum Gasteiger partial charge on any atom is -0.396 e. The molecule has 0 saturated heterocycles. The van der Waals surface area contributed by atoms with Crippen molar-refractivity contribution in [1.29, 1.82) is 0 Å². The first kappa shape index (κ1) is 9.47. The molecule has 2 N–H and O–H groups in total. The molecule has 2 fully saturated rings. The topological polar surface area (TPSA) is 40.5 Å². The largest absolute Gasteiger partial charge is 0.396 e. The summed E-state index contributed by atoms with van der Waals surface area (Å²) in [4.78, 5) is 0. The van der Waals surface area contributed by atoms with Crippen molar-refractivity contribution in [3.05, 3.63) is 0 Å². The number of aliphatic hydroxyl groups is 2. The molecular weight excluding hydrogens is 164 g/mol. The fourth-order valence-electron chi connectivity index (χ4n) is 3.38. The molecule has 0 heterocycles. The minimum atomic E-state index is -0.138. The van der Waals surface area contributed by atoms with Crippen molar-refractivity contribution in [1.82, 2.24) is 0 Å². The Morgan fingerprint density at radius 1 is 1.08 bits per heavy atom. The lowest BCUT2D eigenvalue weighted by Gasteiger charge is -2.48. The molecule has 0 aliphatic heterocycles. The third-order valence-electron chi connectivity index (χ3n) is 4.18. The van der Waals surface area contributed by atoms with E-state index in [1.54, 1.807) is 0 Å². The van der Waals surface area contributed by atoms with Gasteiger partial charge in [-0.25, -0.2) is 0 Å². The average Bonchev–Trinajstić information content (AvgIpc) is 2.18. The molecule has 2 heteroatoms. The van der Waals surface area contributed by atoms with E-state index in [0.717, 1.165) is 32.1 Å². The Bertz CT molecular complexity index is 177. The van der Waals surface area contributed by atoms with E-state index in [1.807, 2.05) is 0 Å². The summed E-state index contributed by atoms with van der Waals surface area (Å²) in [5.41, 5.74) is 0.0932. The molecule has 0 bridgehead atoms. The second-order valence-electron chi connectivity index (χ2n) is 4.83. The highest BCUT2D eigenvalue weighted by atomic mass is 16.3. The van der Waals surface area contributed by atoms with Crippen LogP contribution in [0, 0.1) is 11.3 Å². The van der Waals surface area contributed by atoms with Crippen molar-refractivity contribution in [3.63, 3.8) is 0 Å². The Morgan fingerprint density at radius 3 is 2.54 bits per heavy atom. The standard InChI is InChI=1S/C11H20O2/c12-8-11-6-2-1-4-9(11)10(13)5-3-7-11/h9-10,12-13H,1-8H2/t9-,10+,11-/m1/s1. The highest BCUT2D eigenvalue weighted by molar-refractivity contribution is 4.95. The molecule has 2 saturated carbocycles. The normalized spacial score (nSPS) is 45.7. The van der Waals surface area contributed by atoms with Crippen LogP contribution in [-0.2, 0) is 0 Å². The van der Waals surface area contributed by atoms with Crippen LogP contribution in [0.2, 0.25) is 0 Å². The molecule has 2 rings (SSSR count). The molecule has 0 unspecified atom stereocenters. The minimum absolute atomic E-state index is 0.0932. The van der Waals surface area contributed by atoms with Crippen LogP contribution in [0.15, 0.2) is 0 Å². The van der Waals surface area contributed by atoms with Crippen molar-refractivity contribution in [3.8, 4) is 0 Å².